The van der Waals surface area contributed by atoms with E-state index in [0.29, 0.717) is 63.5 Å². The summed E-state index contributed by atoms with van der Waals surface area (Å²) in [7, 11) is -7.83. The SMILES string of the molecule is CC(C)N1CCN(C(=O)C2CCC(NS(=O)(=O)c3ccc(C(F)(F)F)cc3)CC2)CC1.CC(C)N1CCN(C(=O)C2CCC(NS(=O)(=O)c3ccc(C(F)(F)F)cc3)CC2)CC1. The molecule has 348 valence electrons. The Hall–Kier alpha value is -3.30. The first-order chi connectivity index (χ1) is 28.9. The quantitative estimate of drug-likeness (QED) is 0.269. The molecule has 0 radical (unpaired) electrons. The van der Waals surface area contributed by atoms with Crippen molar-refractivity contribution in [3.63, 3.8) is 0 Å². The molecule has 12 nitrogen and oxygen atoms in total. The number of sulfonamides is 2. The zero-order valence-corrected chi connectivity index (χ0v) is 37.4. The number of carbonyl (C=O) groups is 2. The van der Waals surface area contributed by atoms with Crippen molar-refractivity contribution in [1.29, 1.82) is 0 Å². The number of rotatable bonds is 10. The number of halogens is 6. The third-order valence-corrected chi connectivity index (χ3v) is 15.6. The van der Waals surface area contributed by atoms with Gasteiger partial charge in [-0.05, 0) is 128 Å². The van der Waals surface area contributed by atoms with Crippen LogP contribution in [0.4, 0.5) is 26.3 Å². The second-order valence-electron chi connectivity index (χ2n) is 17.3. The number of hydrogen-bond donors (Lipinski definition) is 2. The van der Waals surface area contributed by atoms with E-state index in [2.05, 4.69) is 46.9 Å². The highest BCUT2D eigenvalue weighted by atomic mass is 32.2. The van der Waals surface area contributed by atoms with Gasteiger partial charge in [0.2, 0.25) is 31.9 Å². The molecule has 62 heavy (non-hydrogen) atoms. The van der Waals surface area contributed by atoms with E-state index in [1.54, 1.807) is 0 Å². The minimum atomic E-state index is -4.51. The molecule has 0 aromatic heterocycles. The van der Waals surface area contributed by atoms with Crippen LogP contribution >= 0.6 is 0 Å². The van der Waals surface area contributed by atoms with Gasteiger partial charge in [0.15, 0.2) is 0 Å². The van der Waals surface area contributed by atoms with Crippen molar-refractivity contribution in [1.82, 2.24) is 29.0 Å². The van der Waals surface area contributed by atoms with Crippen LogP contribution in [0.15, 0.2) is 58.3 Å². The lowest BCUT2D eigenvalue weighted by Crippen LogP contribution is -2.52. The minimum absolute atomic E-state index is 0.0996. The van der Waals surface area contributed by atoms with Gasteiger partial charge in [-0.15, -0.1) is 0 Å². The maximum absolute atomic E-state index is 12.8. The van der Waals surface area contributed by atoms with E-state index < -0.39 is 43.5 Å². The molecule has 20 heteroatoms. The Morgan fingerprint density at radius 1 is 0.500 bits per heavy atom. The predicted octanol–water partition coefficient (Wildman–Crippen LogP) is 6.19. The molecule has 0 unspecified atom stereocenters. The van der Waals surface area contributed by atoms with Crippen molar-refractivity contribution in [3.8, 4) is 0 Å². The number of benzene rings is 2. The second-order valence-corrected chi connectivity index (χ2v) is 20.7. The molecule has 0 atom stereocenters. The van der Waals surface area contributed by atoms with Crippen molar-refractivity contribution >= 4 is 31.9 Å². The van der Waals surface area contributed by atoms with Crippen molar-refractivity contribution in [2.24, 2.45) is 11.8 Å². The summed E-state index contributed by atoms with van der Waals surface area (Å²) in [6.45, 7) is 14.9. The van der Waals surface area contributed by atoms with Crippen LogP contribution in [0.2, 0.25) is 0 Å². The Balaban J connectivity index is 0.000000234. The van der Waals surface area contributed by atoms with E-state index >= 15 is 0 Å². The van der Waals surface area contributed by atoms with Gasteiger partial charge in [-0.25, -0.2) is 26.3 Å². The Bertz CT molecular complexity index is 1860. The van der Waals surface area contributed by atoms with E-state index in [0.717, 1.165) is 101 Å². The number of carbonyl (C=O) groups excluding carboxylic acids is 2. The number of hydrogen-bond acceptors (Lipinski definition) is 8. The van der Waals surface area contributed by atoms with Crippen LogP contribution in [-0.4, -0.2) is 125 Å². The molecular formula is C42H60F6N6O6S2. The van der Waals surface area contributed by atoms with Crippen LogP contribution in [0.5, 0.6) is 0 Å². The Kier molecular flexibility index (Phi) is 16.6. The molecular weight excluding hydrogens is 863 g/mol. The summed E-state index contributed by atoms with van der Waals surface area (Å²) in [6.07, 6.45) is -4.50. The molecule has 2 heterocycles. The number of piperazine rings is 2. The van der Waals surface area contributed by atoms with Gasteiger partial charge < -0.3 is 9.80 Å². The first kappa shape index (κ1) is 49.7. The smallest absolute Gasteiger partial charge is 0.340 e. The molecule has 0 spiro atoms. The fraction of sp³-hybridized carbons (Fsp3) is 0.667. The van der Waals surface area contributed by atoms with Crippen LogP contribution in [0.25, 0.3) is 0 Å². The molecule has 2 saturated heterocycles. The Morgan fingerprint density at radius 3 is 1.02 bits per heavy atom. The summed E-state index contributed by atoms with van der Waals surface area (Å²) in [5.74, 6) is 0.0924. The number of amides is 2. The van der Waals surface area contributed by atoms with E-state index in [4.69, 9.17) is 0 Å². The third kappa shape index (κ3) is 13.4. The Labute approximate surface area is 361 Å². The van der Waals surface area contributed by atoms with Crippen LogP contribution in [-0.2, 0) is 42.0 Å². The topological polar surface area (TPSA) is 139 Å². The van der Waals surface area contributed by atoms with Crippen LogP contribution in [0.1, 0.15) is 90.2 Å². The molecule has 2 aliphatic heterocycles. The maximum Gasteiger partial charge on any atom is 0.416 e. The van der Waals surface area contributed by atoms with E-state index in [1.807, 2.05) is 9.80 Å². The zero-order valence-electron chi connectivity index (χ0n) is 35.7. The first-order valence-corrected chi connectivity index (χ1v) is 24.4. The lowest BCUT2D eigenvalue weighted by molar-refractivity contribution is -0.139. The highest BCUT2D eigenvalue weighted by molar-refractivity contribution is 7.89. The molecule has 4 fully saturated rings. The van der Waals surface area contributed by atoms with Crippen molar-refractivity contribution in [2.75, 3.05) is 52.4 Å². The molecule has 4 aliphatic rings. The van der Waals surface area contributed by atoms with Gasteiger partial charge in [-0.2, -0.15) is 26.3 Å². The lowest BCUT2D eigenvalue weighted by Gasteiger charge is -2.39. The summed E-state index contributed by atoms with van der Waals surface area (Å²) in [5, 5.41) is 0. The fourth-order valence-electron chi connectivity index (χ4n) is 8.57. The van der Waals surface area contributed by atoms with Crippen molar-refractivity contribution < 1.29 is 52.8 Å². The summed E-state index contributed by atoms with van der Waals surface area (Å²) < 4.78 is 131. The minimum Gasteiger partial charge on any atom is -0.340 e. The number of alkyl halides is 6. The second kappa shape index (κ2) is 20.7. The molecule has 2 aliphatic carbocycles. The van der Waals surface area contributed by atoms with E-state index in [-0.39, 0.29) is 45.5 Å². The largest absolute Gasteiger partial charge is 0.416 e. The average molecular weight is 923 g/mol. The predicted molar refractivity (Wildman–Crippen MR) is 222 cm³/mol. The van der Waals surface area contributed by atoms with Crippen molar-refractivity contribution in [2.45, 2.75) is 125 Å². The first-order valence-electron chi connectivity index (χ1n) is 21.4. The summed E-state index contributed by atoms with van der Waals surface area (Å²) in [6, 6.07) is 7.22. The molecule has 2 N–H and O–H groups in total. The maximum atomic E-state index is 12.8. The van der Waals surface area contributed by atoms with Crippen molar-refractivity contribution in [3.05, 3.63) is 59.7 Å². The van der Waals surface area contributed by atoms with E-state index in [1.165, 1.54) is 0 Å². The third-order valence-electron chi connectivity index (χ3n) is 12.5. The van der Waals surface area contributed by atoms with Gasteiger partial charge in [0.1, 0.15) is 0 Å². The summed E-state index contributed by atoms with van der Waals surface area (Å²) >= 11 is 0. The molecule has 2 saturated carbocycles. The standard InChI is InChI=1S/2C21H30F3N3O3S/c2*1-15(2)26-11-13-27(14-12-26)20(28)16-3-7-18(8-4-16)25-31(29,30)19-9-5-17(6-10-19)21(22,23)24/h2*5-6,9-10,15-16,18,25H,3-4,7-8,11-14H2,1-2H3. The fourth-order valence-corrected chi connectivity index (χ4v) is 11.2. The van der Waals surface area contributed by atoms with E-state index in [9.17, 15) is 52.8 Å². The van der Waals surface area contributed by atoms with Crippen LogP contribution < -0.4 is 9.44 Å². The molecule has 0 bridgehead atoms. The highest BCUT2D eigenvalue weighted by Crippen LogP contribution is 2.33. The highest BCUT2D eigenvalue weighted by Gasteiger charge is 2.36. The molecule has 2 amide bonds. The van der Waals surface area contributed by atoms with Gasteiger partial charge in [-0.3, -0.25) is 19.4 Å². The Morgan fingerprint density at radius 2 is 0.774 bits per heavy atom. The van der Waals surface area contributed by atoms with Crippen LogP contribution in [0.3, 0.4) is 0 Å². The van der Waals surface area contributed by atoms with Gasteiger partial charge >= 0.3 is 12.4 Å². The van der Waals surface area contributed by atoms with Gasteiger partial charge in [0.05, 0.1) is 20.9 Å². The summed E-state index contributed by atoms with van der Waals surface area (Å²) in [5.41, 5.74) is -1.78. The molecule has 6 rings (SSSR count). The van der Waals surface area contributed by atoms with Crippen LogP contribution in [0, 0.1) is 11.8 Å². The van der Waals surface area contributed by atoms with Gasteiger partial charge in [0.25, 0.3) is 0 Å². The summed E-state index contributed by atoms with van der Waals surface area (Å²) in [4.78, 5) is 33.8. The lowest BCUT2D eigenvalue weighted by atomic mass is 9.85. The normalized spacial score (nSPS) is 23.9. The molecule has 2 aromatic rings. The average Bonchev–Trinajstić information content (AvgIpc) is 3.23. The molecule has 2 aromatic carbocycles. The monoisotopic (exact) mass is 922 g/mol. The number of nitrogens with one attached hydrogen (secondary N) is 2. The van der Waals surface area contributed by atoms with Gasteiger partial charge in [0, 0.05) is 88.4 Å². The zero-order chi connectivity index (χ0) is 45.6. The van der Waals surface area contributed by atoms with Gasteiger partial charge in [-0.1, -0.05) is 0 Å². The number of nitrogens with zero attached hydrogens (tertiary/aromatic N) is 4.